The Balaban J connectivity index is 1.90. The van der Waals surface area contributed by atoms with Gasteiger partial charge in [-0.05, 0) is 35.7 Å². The summed E-state index contributed by atoms with van der Waals surface area (Å²) in [7, 11) is 0. The van der Waals surface area contributed by atoms with Gasteiger partial charge in [-0.2, -0.15) is 0 Å². The molecule has 1 aliphatic heterocycles. The summed E-state index contributed by atoms with van der Waals surface area (Å²) < 4.78 is 5.64. The summed E-state index contributed by atoms with van der Waals surface area (Å²) in [6, 6.07) is 13.6. The predicted molar refractivity (Wildman–Crippen MR) is 103 cm³/mol. The van der Waals surface area contributed by atoms with Gasteiger partial charge < -0.3 is 4.74 Å². The predicted octanol–water partition coefficient (Wildman–Crippen LogP) is 4.90. The molecule has 0 fully saturated rings. The van der Waals surface area contributed by atoms with Gasteiger partial charge in [0, 0.05) is 0 Å². The number of carbonyl (C=O) groups excluding carboxylic acids is 2. The smallest absolute Gasteiger partial charge is 0.277 e. The summed E-state index contributed by atoms with van der Waals surface area (Å²) in [5, 5.41) is 0.183. The maximum Gasteiger partial charge on any atom is 0.277 e. The van der Waals surface area contributed by atoms with Gasteiger partial charge in [0.2, 0.25) is 0 Å². The van der Waals surface area contributed by atoms with E-state index >= 15 is 0 Å². The average Bonchev–Trinajstić information content (AvgIpc) is 2.84. The molecule has 0 saturated heterocycles. The van der Waals surface area contributed by atoms with Crippen molar-refractivity contribution in [2.24, 2.45) is 5.92 Å². The van der Waals surface area contributed by atoms with Crippen LogP contribution < -0.4 is 9.64 Å². The van der Waals surface area contributed by atoms with Gasteiger partial charge in [0.1, 0.15) is 10.8 Å². The molecule has 6 heteroatoms. The van der Waals surface area contributed by atoms with E-state index in [1.165, 1.54) is 0 Å². The van der Waals surface area contributed by atoms with Crippen molar-refractivity contribution in [2.45, 2.75) is 13.8 Å². The van der Waals surface area contributed by atoms with Crippen molar-refractivity contribution < 1.29 is 14.3 Å². The lowest BCUT2D eigenvalue weighted by molar-refractivity contribution is -0.119. The molecule has 0 radical (unpaired) electrons. The third kappa shape index (κ3) is 3.48. The normalized spacial score (nSPS) is 14.6. The zero-order chi connectivity index (χ0) is 18.8. The molecule has 3 rings (SSSR count). The number of carbonyl (C=O) groups is 2. The lowest BCUT2D eigenvalue weighted by atomic mass is 10.1. The Morgan fingerprint density at radius 1 is 0.962 bits per heavy atom. The Kier molecular flexibility index (Phi) is 5.35. The first-order chi connectivity index (χ1) is 12.4. The van der Waals surface area contributed by atoms with Gasteiger partial charge in [0.15, 0.2) is 0 Å². The standard InChI is InChI=1S/C20H17Cl2NO3/c1-12(2)11-26-14-9-7-13(8-10-14)17-18(22)20(25)23(19(17)24)16-6-4-3-5-15(16)21/h3-10,12H,11H2,1-2H3. The Morgan fingerprint density at radius 3 is 2.23 bits per heavy atom. The lowest BCUT2D eigenvalue weighted by Crippen LogP contribution is -2.31. The number of benzene rings is 2. The molecule has 0 aromatic heterocycles. The molecule has 0 spiro atoms. The minimum atomic E-state index is -0.583. The molecule has 2 amide bonds. The van der Waals surface area contributed by atoms with E-state index in [1.807, 2.05) is 0 Å². The molecular formula is C20H17Cl2NO3. The highest BCUT2D eigenvalue weighted by molar-refractivity contribution is 6.60. The fraction of sp³-hybridized carbons (Fsp3) is 0.200. The van der Waals surface area contributed by atoms with Crippen molar-refractivity contribution in [3.63, 3.8) is 0 Å². The van der Waals surface area contributed by atoms with Crippen molar-refractivity contribution in [1.29, 1.82) is 0 Å². The summed E-state index contributed by atoms with van der Waals surface area (Å²) in [6.07, 6.45) is 0. The molecule has 0 atom stereocenters. The minimum absolute atomic E-state index is 0.120. The number of anilines is 1. The monoisotopic (exact) mass is 389 g/mol. The summed E-state index contributed by atoms with van der Waals surface area (Å²) in [5.41, 5.74) is 1.03. The number of hydrogen-bond donors (Lipinski definition) is 0. The van der Waals surface area contributed by atoms with E-state index in [2.05, 4.69) is 13.8 Å². The second-order valence-corrected chi connectivity index (χ2v) is 7.10. The summed E-state index contributed by atoms with van der Waals surface area (Å²) in [5.74, 6) is 0.0211. The maximum atomic E-state index is 12.9. The van der Waals surface area contributed by atoms with E-state index < -0.39 is 11.8 Å². The number of imide groups is 1. The Labute approximate surface area is 162 Å². The molecule has 0 N–H and O–H groups in total. The number of amides is 2. The molecule has 0 bridgehead atoms. The van der Waals surface area contributed by atoms with Gasteiger partial charge in [-0.15, -0.1) is 0 Å². The highest BCUT2D eigenvalue weighted by atomic mass is 35.5. The van der Waals surface area contributed by atoms with E-state index in [1.54, 1.807) is 48.5 Å². The Morgan fingerprint density at radius 2 is 1.62 bits per heavy atom. The van der Waals surface area contributed by atoms with Crippen molar-refractivity contribution >= 4 is 46.3 Å². The van der Waals surface area contributed by atoms with Crippen LogP contribution in [0.15, 0.2) is 53.6 Å². The highest BCUT2D eigenvalue weighted by Gasteiger charge is 2.39. The molecule has 4 nitrogen and oxygen atoms in total. The number of para-hydroxylation sites is 1. The van der Waals surface area contributed by atoms with Gasteiger partial charge in [-0.25, -0.2) is 4.90 Å². The van der Waals surface area contributed by atoms with E-state index in [0.717, 1.165) is 4.90 Å². The molecule has 1 heterocycles. The van der Waals surface area contributed by atoms with Gasteiger partial charge >= 0.3 is 0 Å². The first-order valence-electron chi connectivity index (χ1n) is 8.16. The molecule has 0 aliphatic carbocycles. The van der Waals surface area contributed by atoms with Crippen molar-refractivity contribution in [3.8, 4) is 5.75 Å². The SMILES string of the molecule is CC(C)COc1ccc(C2=C(Cl)C(=O)N(c3ccccc3Cl)C2=O)cc1. The molecule has 26 heavy (non-hydrogen) atoms. The first kappa shape index (κ1) is 18.5. The quantitative estimate of drug-likeness (QED) is 0.683. The first-order valence-corrected chi connectivity index (χ1v) is 8.92. The van der Waals surface area contributed by atoms with E-state index in [-0.39, 0.29) is 10.6 Å². The van der Waals surface area contributed by atoms with Crippen LogP contribution in [0.1, 0.15) is 19.4 Å². The van der Waals surface area contributed by atoms with Crippen LogP contribution in [0, 0.1) is 5.92 Å². The molecule has 134 valence electrons. The van der Waals surface area contributed by atoms with Crippen molar-refractivity contribution in [2.75, 3.05) is 11.5 Å². The van der Waals surface area contributed by atoms with Crippen LogP contribution in [-0.2, 0) is 9.59 Å². The molecule has 1 aliphatic rings. The molecule has 0 unspecified atom stereocenters. The molecule has 0 saturated carbocycles. The number of hydrogen-bond acceptors (Lipinski definition) is 3. The number of halogens is 2. The Bertz CT molecular complexity index is 888. The second-order valence-electron chi connectivity index (χ2n) is 6.32. The van der Waals surface area contributed by atoms with Crippen LogP contribution in [0.25, 0.3) is 5.57 Å². The van der Waals surface area contributed by atoms with Crippen LogP contribution in [0.2, 0.25) is 5.02 Å². The molecular weight excluding hydrogens is 373 g/mol. The Hall–Kier alpha value is -2.30. The topological polar surface area (TPSA) is 46.6 Å². The summed E-state index contributed by atoms with van der Waals surface area (Å²) in [4.78, 5) is 26.4. The fourth-order valence-electron chi connectivity index (χ4n) is 2.59. The number of ether oxygens (including phenoxy) is 1. The maximum absolute atomic E-state index is 12.9. The van der Waals surface area contributed by atoms with Gasteiger partial charge in [0.25, 0.3) is 11.8 Å². The third-order valence-corrected chi connectivity index (χ3v) is 4.52. The van der Waals surface area contributed by atoms with Gasteiger partial charge in [-0.3, -0.25) is 9.59 Å². The lowest BCUT2D eigenvalue weighted by Gasteiger charge is -2.16. The van der Waals surface area contributed by atoms with Gasteiger partial charge in [-0.1, -0.05) is 61.3 Å². The largest absolute Gasteiger partial charge is 0.493 e. The molecule has 2 aromatic carbocycles. The number of rotatable bonds is 5. The van der Waals surface area contributed by atoms with Crippen LogP contribution in [0.4, 0.5) is 5.69 Å². The van der Waals surface area contributed by atoms with E-state index in [9.17, 15) is 9.59 Å². The highest BCUT2D eigenvalue weighted by Crippen LogP contribution is 2.37. The van der Waals surface area contributed by atoms with E-state index in [0.29, 0.717) is 34.5 Å². The molecule has 2 aromatic rings. The zero-order valence-corrected chi connectivity index (χ0v) is 15.8. The minimum Gasteiger partial charge on any atom is -0.493 e. The summed E-state index contributed by atoms with van der Waals surface area (Å²) in [6.45, 7) is 4.72. The van der Waals surface area contributed by atoms with Crippen LogP contribution >= 0.6 is 23.2 Å². The fourth-order valence-corrected chi connectivity index (χ4v) is 3.08. The van der Waals surface area contributed by atoms with Crippen molar-refractivity contribution in [3.05, 3.63) is 64.1 Å². The van der Waals surface area contributed by atoms with Crippen LogP contribution in [0.5, 0.6) is 5.75 Å². The van der Waals surface area contributed by atoms with E-state index in [4.69, 9.17) is 27.9 Å². The second kappa shape index (κ2) is 7.52. The zero-order valence-electron chi connectivity index (χ0n) is 14.3. The van der Waals surface area contributed by atoms with Crippen LogP contribution in [0.3, 0.4) is 0 Å². The van der Waals surface area contributed by atoms with Crippen LogP contribution in [-0.4, -0.2) is 18.4 Å². The van der Waals surface area contributed by atoms with Gasteiger partial charge in [0.05, 0.1) is 22.9 Å². The average molecular weight is 390 g/mol. The number of nitrogens with zero attached hydrogens (tertiary/aromatic N) is 1. The summed E-state index contributed by atoms with van der Waals surface area (Å²) >= 11 is 12.3. The van der Waals surface area contributed by atoms with Crippen molar-refractivity contribution in [1.82, 2.24) is 0 Å². The third-order valence-electron chi connectivity index (χ3n) is 3.85.